The van der Waals surface area contributed by atoms with Gasteiger partial charge in [-0.05, 0) is 26.0 Å². The molecule has 0 saturated carbocycles. The molecule has 2 aromatic carbocycles. The highest BCUT2D eigenvalue weighted by molar-refractivity contribution is 14.0. The molecule has 2 N–H and O–H groups in total. The van der Waals surface area contributed by atoms with Crippen molar-refractivity contribution in [3.8, 4) is 11.5 Å². The summed E-state index contributed by atoms with van der Waals surface area (Å²) in [5, 5.41) is 5.82. The Morgan fingerprint density at radius 1 is 1.00 bits per heavy atom. The lowest BCUT2D eigenvalue weighted by Gasteiger charge is -2.14. The molecule has 10 heteroatoms. The number of hydrogen-bond donors (Lipinski definition) is 2. The molecule has 0 aliphatic rings. The van der Waals surface area contributed by atoms with Crippen molar-refractivity contribution in [3.05, 3.63) is 53.1 Å². The Kier molecular flexibility index (Phi) is 9.99. The summed E-state index contributed by atoms with van der Waals surface area (Å²) >= 11 is 0. The van der Waals surface area contributed by atoms with Crippen molar-refractivity contribution in [2.45, 2.75) is 20.4 Å². The van der Waals surface area contributed by atoms with Crippen molar-refractivity contribution in [1.29, 1.82) is 0 Å². The van der Waals surface area contributed by atoms with E-state index in [1.807, 2.05) is 6.92 Å². The van der Waals surface area contributed by atoms with E-state index >= 15 is 0 Å². The standard InChI is InChI=1S/C19H21F4N3O2.HI/c1-4-24-19(25-10-12-17(22)13(20)9-14(21)18(12)23)26-11-6-7-15(27-3)16(8-11)28-5-2;/h6-9H,4-5,10H2,1-3H3,(H2,24,25,26);1H. The zero-order valence-corrected chi connectivity index (χ0v) is 18.4. The van der Waals surface area contributed by atoms with Crippen molar-refractivity contribution in [1.82, 2.24) is 5.32 Å². The van der Waals surface area contributed by atoms with E-state index in [-0.39, 0.29) is 36.0 Å². The maximum absolute atomic E-state index is 13.8. The van der Waals surface area contributed by atoms with Gasteiger partial charge in [0.1, 0.15) is 0 Å². The third-order valence-electron chi connectivity index (χ3n) is 3.67. The second kappa shape index (κ2) is 11.7. The van der Waals surface area contributed by atoms with Gasteiger partial charge in [-0.15, -0.1) is 24.0 Å². The van der Waals surface area contributed by atoms with Gasteiger partial charge < -0.3 is 20.1 Å². The van der Waals surface area contributed by atoms with Crippen LogP contribution in [-0.2, 0) is 6.54 Å². The zero-order chi connectivity index (χ0) is 20.7. The minimum atomic E-state index is -1.47. The molecule has 2 aromatic rings. The SMILES string of the molecule is CCNC(=NCc1c(F)c(F)cc(F)c1F)Nc1ccc(OC)c(OCC)c1.I. The predicted octanol–water partition coefficient (Wildman–Crippen LogP) is 4.85. The van der Waals surface area contributed by atoms with Crippen LogP contribution in [0.5, 0.6) is 11.5 Å². The number of guanidine groups is 1. The second-order valence-corrected chi connectivity index (χ2v) is 5.57. The molecule has 5 nitrogen and oxygen atoms in total. The second-order valence-electron chi connectivity index (χ2n) is 5.57. The van der Waals surface area contributed by atoms with E-state index in [0.717, 1.165) is 0 Å². The molecule has 0 aliphatic heterocycles. The highest BCUT2D eigenvalue weighted by Gasteiger charge is 2.19. The molecule has 0 amide bonds. The number of nitrogens with one attached hydrogen (secondary N) is 2. The summed E-state index contributed by atoms with van der Waals surface area (Å²) in [7, 11) is 1.51. The molecular weight excluding hydrogens is 505 g/mol. The fourth-order valence-electron chi connectivity index (χ4n) is 2.39. The molecule has 0 aromatic heterocycles. The lowest BCUT2D eigenvalue weighted by atomic mass is 10.2. The zero-order valence-electron chi connectivity index (χ0n) is 16.1. The van der Waals surface area contributed by atoms with Gasteiger partial charge in [0.2, 0.25) is 0 Å². The number of anilines is 1. The Labute approximate surface area is 183 Å². The molecule has 0 atom stereocenters. The molecule has 0 saturated heterocycles. The first-order valence-corrected chi connectivity index (χ1v) is 8.59. The Morgan fingerprint density at radius 3 is 2.21 bits per heavy atom. The number of ether oxygens (including phenoxy) is 2. The third-order valence-corrected chi connectivity index (χ3v) is 3.67. The molecule has 0 fully saturated rings. The molecule has 160 valence electrons. The van der Waals surface area contributed by atoms with Crippen LogP contribution in [0.4, 0.5) is 23.2 Å². The fourth-order valence-corrected chi connectivity index (χ4v) is 2.39. The van der Waals surface area contributed by atoms with Crippen LogP contribution in [0.15, 0.2) is 29.3 Å². The van der Waals surface area contributed by atoms with Gasteiger partial charge in [0.25, 0.3) is 0 Å². The molecule has 0 spiro atoms. The monoisotopic (exact) mass is 527 g/mol. The lowest BCUT2D eigenvalue weighted by Crippen LogP contribution is -2.30. The minimum absolute atomic E-state index is 0. The van der Waals surface area contributed by atoms with Crippen molar-refractivity contribution in [3.63, 3.8) is 0 Å². The summed E-state index contributed by atoms with van der Waals surface area (Å²) in [5.74, 6) is -4.69. The van der Waals surface area contributed by atoms with Gasteiger partial charge in [-0.1, -0.05) is 0 Å². The van der Waals surface area contributed by atoms with Crippen LogP contribution in [-0.4, -0.2) is 26.2 Å². The largest absolute Gasteiger partial charge is 0.493 e. The molecule has 2 rings (SSSR count). The topological polar surface area (TPSA) is 54.9 Å². The summed E-state index contributed by atoms with van der Waals surface area (Å²) in [6.07, 6.45) is 0. The van der Waals surface area contributed by atoms with Gasteiger partial charge in [0.05, 0.1) is 25.8 Å². The Bertz CT molecular complexity index is 840. The van der Waals surface area contributed by atoms with Crippen molar-refractivity contribution >= 4 is 35.6 Å². The van der Waals surface area contributed by atoms with Crippen molar-refractivity contribution in [2.24, 2.45) is 4.99 Å². The van der Waals surface area contributed by atoms with Crippen LogP contribution in [0.1, 0.15) is 19.4 Å². The van der Waals surface area contributed by atoms with E-state index in [0.29, 0.717) is 30.3 Å². The highest BCUT2D eigenvalue weighted by atomic mass is 127. The summed E-state index contributed by atoms with van der Waals surface area (Å²) in [6.45, 7) is 3.89. The first kappa shape index (κ1) is 24.8. The summed E-state index contributed by atoms with van der Waals surface area (Å²) < 4.78 is 65.0. The van der Waals surface area contributed by atoms with Crippen LogP contribution in [0.3, 0.4) is 0 Å². The van der Waals surface area contributed by atoms with Crippen LogP contribution < -0.4 is 20.1 Å². The smallest absolute Gasteiger partial charge is 0.196 e. The third kappa shape index (κ3) is 6.38. The number of methoxy groups -OCH3 is 1. The average Bonchev–Trinajstić information content (AvgIpc) is 2.67. The number of nitrogens with zero attached hydrogens (tertiary/aromatic N) is 1. The summed E-state index contributed by atoms with van der Waals surface area (Å²) in [5.41, 5.74) is -0.227. The number of aliphatic imine (C=N–C) groups is 1. The molecule has 29 heavy (non-hydrogen) atoms. The first-order valence-electron chi connectivity index (χ1n) is 8.59. The Balaban J connectivity index is 0.00000420. The van der Waals surface area contributed by atoms with Crippen LogP contribution in [0.25, 0.3) is 0 Å². The number of rotatable bonds is 7. The summed E-state index contributed by atoms with van der Waals surface area (Å²) in [4.78, 5) is 4.01. The molecule has 0 aliphatic carbocycles. The van der Waals surface area contributed by atoms with Gasteiger partial charge in [0.15, 0.2) is 40.7 Å². The number of halogens is 5. The molecule has 0 bridgehead atoms. The molecule has 0 unspecified atom stereocenters. The maximum Gasteiger partial charge on any atom is 0.196 e. The normalized spacial score (nSPS) is 10.9. The van der Waals surface area contributed by atoms with Gasteiger partial charge in [-0.2, -0.15) is 0 Å². The van der Waals surface area contributed by atoms with Crippen LogP contribution in [0, 0.1) is 23.3 Å². The average molecular weight is 527 g/mol. The van der Waals surface area contributed by atoms with Crippen LogP contribution in [0.2, 0.25) is 0 Å². The minimum Gasteiger partial charge on any atom is -0.493 e. The molecule has 0 radical (unpaired) electrons. The van der Waals surface area contributed by atoms with Gasteiger partial charge >= 0.3 is 0 Å². The van der Waals surface area contributed by atoms with E-state index in [4.69, 9.17) is 9.47 Å². The van der Waals surface area contributed by atoms with Gasteiger partial charge in [0, 0.05) is 24.4 Å². The number of benzene rings is 2. The molecule has 0 heterocycles. The number of hydrogen-bond acceptors (Lipinski definition) is 3. The van der Waals surface area contributed by atoms with Gasteiger partial charge in [-0.25, -0.2) is 22.6 Å². The Morgan fingerprint density at radius 2 is 1.66 bits per heavy atom. The van der Waals surface area contributed by atoms with E-state index in [1.165, 1.54) is 7.11 Å². The van der Waals surface area contributed by atoms with Crippen LogP contribution >= 0.6 is 24.0 Å². The quantitative estimate of drug-likeness (QED) is 0.178. The van der Waals surface area contributed by atoms with E-state index in [2.05, 4.69) is 15.6 Å². The van der Waals surface area contributed by atoms with Gasteiger partial charge in [-0.3, -0.25) is 0 Å². The highest BCUT2D eigenvalue weighted by Crippen LogP contribution is 2.30. The fraction of sp³-hybridized carbons (Fsp3) is 0.316. The van der Waals surface area contributed by atoms with E-state index in [1.54, 1.807) is 25.1 Å². The Hall–Kier alpha value is -2.24. The first-order chi connectivity index (χ1) is 13.4. The van der Waals surface area contributed by atoms with Crippen molar-refractivity contribution in [2.75, 3.05) is 25.6 Å². The van der Waals surface area contributed by atoms with E-state index in [9.17, 15) is 17.6 Å². The van der Waals surface area contributed by atoms with Crippen molar-refractivity contribution < 1.29 is 27.0 Å². The summed E-state index contributed by atoms with van der Waals surface area (Å²) in [6, 6.07) is 5.20. The maximum atomic E-state index is 13.8. The predicted molar refractivity (Wildman–Crippen MR) is 114 cm³/mol. The van der Waals surface area contributed by atoms with E-state index < -0.39 is 35.4 Å². The lowest BCUT2D eigenvalue weighted by molar-refractivity contribution is 0.311. The molecular formula is C19H22F4IN3O2.